The first-order valence-corrected chi connectivity index (χ1v) is 9.54. The molecule has 2 heterocycles. The summed E-state index contributed by atoms with van der Waals surface area (Å²) in [5.41, 5.74) is 3.58. The van der Waals surface area contributed by atoms with Gasteiger partial charge in [0.05, 0.1) is 5.56 Å². The Bertz CT molecular complexity index is 747. The van der Waals surface area contributed by atoms with Crippen LogP contribution in [-0.2, 0) is 0 Å². The zero-order chi connectivity index (χ0) is 18.5. The minimum absolute atomic E-state index is 0.163. The number of hydrogen-bond donors (Lipinski definition) is 1. The highest BCUT2D eigenvalue weighted by atomic mass is 16.1. The van der Waals surface area contributed by atoms with E-state index < -0.39 is 0 Å². The summed E-state index contributed by atoms with van der Waals surface area (Å²) in [4.78, 5) is 23.8. The van der Waals surface area contributed by atoms with Crippen LogP contribution >= 0.6 is 0 Å². The van der Waals surface area contributed by atoms with Gasteiger partial charge in [-0.15, -0.1) is 0 Å². The monoisotopic (exact) mass is 352 g/mol. The van der Waals surface area contributed by atoms with Gasteiger partial charge in [0, 0.05) is 31.2 Å². The van der Waals surface area contributed by atoms with Crippen molar-refractivity contribution < 1.29 is 4.79 Å². The zero-order valence-corrected chi connectivity index (χ0v) is 16.0. The van der Waals surface area contributed by atoms with Crippen molar-refractivity contribution in [3.05, 3.63) is 47.3 Å². The summed E-state index contributed by atoms with van der Waals surface area (Å²) < 4.78 is 0. The maximum atomic E-state index is 12.7. The standard InChI is InChI=1S/C21H28N4O/c1-15(2)18-10-8-9-16(3)19(18)24-20(26)17-13-22-21(23-14-17)25-11-6-4-5-7-12-25/h8-10,13-15H,4-7,11-12H2,1-3H3,(H,24,26). The summed E-state index contributed by atoms with van der Waals surface area (Å²) in [5.74, 6) is 0.901. The minimum Gasteiger partial charge on any atom is -0.341 e. The lowest BCUT2D eigenvalue weighted by Crippen LogP contribution is -2.26. The molecular weight excluding hydrogens is 324 g/mol. The van der Waals surface area contributed by atoms with Crippen LogP contribution in [-0.4, -0.2) is 29.0 Å². The van der Waals surface area contributed by atoms with E-state index in [1.807, 2.05) is 19.1 Å². The fraction of sp³-hybridized carbons (Fsp3) is 0.476. The Morgan fingerprint density at radius 1 is 1.08 bits per heavy atom. The molecule has 26 heavy (non-hydrogen) atoms. The van der Waals surface area contributed by atoms with Gasteiger partial charge in [-0.1, -0.05) is 44.9 Å². The number of para-hydroxylation sites is 1. The van der Waals surface area contributed by atoms with Crippen LogP contribution in [0.3, 0.4) is 0 Å². The Morgan fingerprint density at radius 2 is 1.73 bits per heavy atom. The number of carbonyl (C=O) groups is 1. The van der Waals surface area contributed by atoms with Crippen molar-refractivity contribution in [3.63, 3.8) is 0 Å². The van der Waals surface area contributed by atoms with Gasteiger partial charge in [0.15, 0.2) is 0 Å². The van der Waals surface area contributed by atoms with Crippen molar-refractivity contribution in [2.24, 2.45) is 0 Å². The number of carbonyl (C=O) groups excluding carboxylic acids is 1. The smallest absolute Gasteiger partial charge is 0.258 e. The van der Waals surface area contributed by atoms with E-state index in [-0.39, 0.29) is 5.91 Å². The lowest BCUT2D eigenvalue weighted by molar-refractivity contribution is 0.102. The van der Waals surface area contributed by atoms with Crippen molar-refractivity contribution in [2.45, 2.75) is 52.4 Å². The molecule has 1 saturated heterocycles. The second-order valence-corrected chi connectivity index (χ2v) is 7.32. The van der Waals surface area contributed by atoms with E-state index in [0.717, 1.165) is 35.9 Å². The maximum Gasteiger partial charge on any atom is 0.258 e. The third-order valence-electron chi connectivity index (χ3n) is 4.95. The fourth-order valence-electron chi connectivity index (χ4n) is 3.40. The quantitative estimate of drug-likeness (QED) is 0.877. The molecule has 138 valence electrons. The predicted octanol–water partition coefficient (Wildman–Crippen LogP) is 4.54. The highest BCUT2D eigenvalue weighted by Gasteiger charge is 2.16. The summed E-state index contributed by atoms with van der Waals surface area (Å²) in [6, 6.07) is 6.10. The van der Waals surface area contributed by atoms with E-state index in [1.54, 1.807) is 12.4 Å². The van der Waals surface area contributed by atoms with E-state index in [2.05, 4.69) is 40.1 Å². The average Bonchev–Trinajstić information content (AvgIpc) is 2.92. The van der Waals surface area contributed by atoms with Gasteiger partial charge < -0.3 is 10.2 Å². The number of anilines is 2. The largest absolute Gasteiger partial charge is 0.341 e. The minimum atomic E-state index is -0.163. The SMILES string of the molecule is Cc1cccc(C(C)C)c1NC(=O)c1cnc(N2CCCCCC2)nc1. The molecule has 1 amide bonds. The molecule has 2 aromatic rings. The Morgan fingerprint density at radius 3 is 2.35 bits per heavy atom. The number of benzene rings is 1. The van der Waals surface area contributed by atoms with Gasteiger partial charge in [-0.05, 0) is 36.8 Å². The molecule has 1 fully saturated rings. The first kappa shape index (κ1) is 18.4. The highest BCUT2D eigenvalue weighted by Crippen LogP contribution is 2.27. The fourth-order valence-corrected chi connectivity index (χ4v) is 3.40. The third-order valence-corrected chi connectivity index (χ3v) is 4.95. The molecule has 0 radical (unpaired) electrons. The van der Waals surface area contributed by atoms with Crippen LogP contribution in [0.4, 0.5) is 11.6 Å². The normalized spacial score (nSPS) is 15.0. The van der Waals surface area contributed by atoms with Crippen molar-refractivity contribution >= 4 is 17.5 Å². The van der Waals surface area contributed by atoms with Crippen LogP contribution in [0.5, 0.6) is 0 Å². The summed E-state index contributed by atoms with van der Waals surface area (Å²) >= 11 is 0. The molecule has 0 atom stereocenters. The number of aryl methyl sites for hydroxylation is 1. The number of nitrogens with one attached hydrogen (secondary N) is 1. The Kier molecular flexibility index (Phi) is 5.86. The molecule has 0 saturated carbocycles. The summed E-state index contributed by atoms with van der Waals surface area (Å²) in [5, 5.41) is 3.05. The van der Waals surface area contributed by atoms with Crippen LogP contribution in [0, 0.1) is 6.92 Å². The van der Waals surface area contributed by atoms with Crippen molar-refractivity contribution in [2.75, 3.05) is 23.3 Å². The molecule has 0 aliphatic carbocycles. The molecule has 3 rings (SSSR count). The molecule has 1 aliphatic heterocycles. The summed E-state index contributed by atoms with van der Waals surface area (Å²) in [6.07, 6.45) is 8.16. The van der Waals surface area contributed by atoms with Gasteiger partial charge in [0.1, 0.15) is 0 Å². The number of hydrogen-bond acceptors (Lipinski definition) is 4. The third kappa shape index (κ3) is 4.21. The highest BCUT2D eigenvalue weighted by molar-refractivity contribution is 6.04. The van der Waals surface area contributed by atoms with Gasteiger partial charge >= 0.3 is 0 Å². The second kappa shape index (κ2) is 8.30. The molecule has 5 nitrogen and oxygen atoms in total. The Labute approximate surface area is 155 Å². The van der Waals surface area contributed by atoms with Crippen molar-refractivity contribution in [3.8, 4) is 0 Å². The molecular formula is C21H28N4O. The lowest BCUT2D eigenvalue weighted by Gasteiger charge is -2.20. The Balaban J connectivity index is 1.75. The van der Waals surface area contributed by atoms with Crippen molar-refractivity contribution in [1.82, 2.24) is 9.97 Å². The van der Waals surface area contributed by atoms with Crippen LogP contribution < -0.4 is 10.2 Å². The molecule has 0 bridgehead atoms. The van der Waals surface area contributed by atoms with Gasteiger partial charge in [-0.25, -0.2) is 9.97 Å². The van der Waals surface area contributed by atoms with Gasteiger partial charge in [0.25, 0.3) is 5.91 Å². The van der Waals surface area contributed by atoms with E-state index in [0.29, 0.717) is 11.5 Å². The maximum absolute atomic E-state index is 12.7. The van der Waals surface area contributed by atoms with Gasteiger partial charge in [-0.2, -0.15) is 0 Å². The van der Waals surface area contributed by atoms with E-state index in [4.69, 9.17) is 0 Å². The summed E-state index contributed by atoms with van der Waals surface area (Å²) in [7, 11) is 0. The molecule has 1 aromatic heterocycles. The topological polar surface area (TPSA) is 58.1 Å². The second-order valence-electron chi connectivity index (χ2n) is 7.32. The number of nitrogens with zero attached hydrogens (tertiary/aromatic N) is 3. The van der Waals surface area contributed by atoms with Crippen LogP contribution in [0.25, 0.3) is 0 Å². The first-order chi connectivity index (χ1) is 12.6. The van der Waals surface area contributed by atoms with E-state index in [9.17, 15) is 4.79 Å². The average molecular weight is 352 g/mol. The molecule has 5 heteroatoms. The molecule has 1 aromatic carbocycles. The predicted molar refractivity (Wildman–Crippen MR) is 106 cm³/mol. The molecule has 1 N–H and O–H groups in total. The van der Waals surface area contributed by atoms with Crippen LogP contribution in [0.2, 0.25) is 0 Å². The molecule has 0 spiro atoms. The van der Waals surface area contributed by atoms with Gasteiger partial charge in [0.2, 0.25) is 5.95 Å². The van der Waals surface area contributed by atoms with Crippen LogP contribution in [0.1, 0.15) is 66.9 Å². The first-order valence-electron chi connectivity index (χ1n) is 9.54. The van der Waals surface area contributed by atoms with Crippen LogP contribution in [0.15, 0.2) is 30.6 Å². The number of rotatable bonds is 4. The lowest BCUT2D eigenvalue weighted by atomic mass is 9.98. The molecule has 1 aliphatic rings. The van der Waals surface area contributed by atoms with E-state index in [1.165, 1.54) is 25.7 Å². The number of amides is 1. The number of aromatic nitrogens is 2. The zero-order valence-electron chi connectivity index (χ0n) is 16.0. The van der Waals surface area contributed by atoms with Gasteiger partial charge in [-0.3, -0.25) is 4.79 Å². The van der Waals surface area contributed by atoms with E-state index >= 15 is 0 Å². The molecule has 0 unspecified atom stereocenters. The Hall–Kier alpha value is -2.43. The van der Waals surface area contributed by atoms with Crippen molar-refractivity contribution in [1.29, 1.82) is 0 Å². The summed E-state index contributed by atoms with van der Waals surface area (Å²) in [6.45, 7) is 8.26.